The highest BCUT2D eigenvalue weighted by atomic mass is 32.2. The summed E-state index contributed by atoms with van der Waals surface area (Å²) >= 11 is 5.30. The molecule has 0 unspecified atom stereocenters. The van der Waals surface area contributed by atoms with E-state index in [1.165, 1.54) is 8.98 Å². The molecule has 0 aliphatic heterocycles. The highest BCUT2D eigenvalue weighted by molar-refractivity contribution is 7.89. The number of sulfonamides is 1. The van der Waals surface area contributed by atoms with Gasteiger partial charge in [0.1, 0.15) is 5.75 Å². The van der Waals surface area contributed by atoms with Gasteiger partial charge in [-0.3, -0.25) is 0 Å². The average Bonchev–Trinajstić information content (AvgIpc) is 3.13. The van der Waals surface area contributed by atoms with E-state index in [1.807, 2.05) is 38.1 Å². The number of aromatic amines is 1. The molecule has 0 radical (unpaired) electrons. The second kappa shape index (κ2) is 9.33. The summed E-state index contributed by atoms with van der Waals surface area (Å²) < 4.78 is 34.0. The second-order valence-electron chi connectivity index (χ2n) is 6.30. The number of methoxy groups -OCH3 is 1. The lowest BCUT2D eigenvalue weighted by molar-refractivity contribution is 0.415. The minimum Gasteiger partial charge on any atom is -0.497 e. The van der Waals surface area contributed by atoms with Gasteiger partial charge in [0.2, 0.25) is 14.8 Å². The molecule has 2 aromatic carbocycles. The smallest absolute Gasteiger partial charge is 0.243 e. The Hall–Kier alpha value is -2.82. The first-order valence-electron chi connectivity index (χ1n) is 9.37. The van der Waals surface area contributed by atoms with Crippen LogP contribution in [0.25, 0.3) is 11.4 Å². The molecule has 0 saturated carbocycles. The van der Waals surface area contributed by atoms with E-state index in [2.05, 4.69) is 15.3 Å². The van der Waals surface area contributed by atoms with Crippen molar-refractivity contribution in [3.05, 3.63) is 58.9 Å². The summed E-state index contributed by atoms with van der Waals surface area (Å²) in [5, 5.41) is 11.4. The largest absolute Gasteiger partial charge is 0.497 e. The third-order valence-corrected chi connectivity index (χ3v) is 6.83. The van der Waals surface area contributed by atoms with Crippen molar-refractivity contribution < 1.29 is 13.2 Å². The fraction of sp³-hybridized carbons (Fsp3) is 0.250. The van der Waals surface area contributed by atoms with E-state index in [-0.39, 0.29) is 4.90 Å². The van der Waals surface area contributed by atoms with E-state index in [0.29, 0.717) is 29.2 Å². The number of ether oxygens (including phenoxy) is 1. The first-order valence-corrected chi connectivity index (χ1v) is 11.2. The van der Waals surface area contributed by atoms with Gasteiger partial charge in [-0.2, -0.15) is 19.2 Å². The van der Waals surface area contributed by atoms with Crippen LogP contribution < -0.4 is 4.74 Å². The monoisotopic (exact) mass is 445 g/mol. The maximum absolute atomic E-state index is 12.9. The SMILES string of the molecule is CCN(CC)S(=O)(=O)c1cccc(-c2n[nH]c(=S)n2N=Cc2ccc(OC)cc2)c1. The molecule has 0 aliphatic rings. The summed E-state index contributed by atoms with van der Waals surface area (Å²) in [4.78, 5) is 0.198. The maximum Gasteiger partial charge on any atom is 0.243 e. The molecule has 0 saturated heterocycles. The van der Waals surface area contributed by atoms with E-state index in [0.717, 1.165) is 11.3 Å². The third kappa shape index (κ3) is 4.50. The van der Waals surface area contributed by atoms with Gasteiger partial charge in [0, 0.05) is 18.7 Å². The highest BCUT2D eigenvalue weighted by Crippen LogP contribution is 2.23. The first kappa shape index (κ1) is 21.9. The van der Waals surface area contributed by atoms with E-state index in [1.54, 1.807) is 37.6 Å². The number of aromatic nitrogens is 3. The molecule has 3 rings (SSSR count). The lowest BCUT2D eigenvalue weighted by Crippen LogP contribution is -2.30. The van der Waals surface area contributed by atoms with Gasteiger partial charge < -0.3 is 4.74 Å². The lowest BCUT2D eigenvalue weighted by Gasteiger charge is -2.18. The minimum atomic E-state index is -3.59. The van der Waals surface area contributed by atoms with Crippen molar-refractivity contribution >= 4 is 28.5 Å². The van der Waals surface area contributed by atoms with E-state index >= 15 is 0 Å². The maximum atomic E-state index is 12.9. The van der Waals surface area contributed by atoms with Crippen LogP contribution in [0.15, 0.2) is 58.5 Å². The summed E-state index contributed by atoms with van der Waals surface area (Å²) in [5.41, 5.74) is 1.44. The Labute approximate surface area is 180 Å². The Kier molecular flexibility index (Phi) is 6.80. The van der Waals surface area contributed by atoms with Crippen LogP contribution in [0.3, 0.4) is 0 Å². The molecule has 10 heteroatoms. The topological polar surface area (TPSA) is 92.6 Å². The van der Waals surface area contributed by atoms with Crippen LogP contribution >= 0.6 is 12.2 Å². The Morgan fingerprint density at radius 1 is 1.20 bits per heavy atom. The quantitative estimate of drug-likeness (QED) is 0.423. The van der Waals surface area contributed by atoms with Gasteiger partial charge in [0.15, 0.2) is 5.82 Å². The van der Waals surface area contributed by atoms with Crippen LogP contribution in [0.1, 0.15) is 19.4 Å². The lowest BCUT2D eigenvalue weighted by atomic mass is 10.2. The van der Waals surface area contributed by atoms with E-state index in [9.17, 15) is 8.42 Å². The predicted octanol–water partition coefficient (Wildman–Crippen LogP) is 3.53. The molecule has 8 nitrogen and oxygen atoms in total. The number of rotatable bonds is 8. The minimum absolute atomic E-state index is 0.198. The number of hydrogen-bond acceptors (Lipinski definition) is 6. The molecule has 0 spiro atoms. The average molecular weight is 446 g/mol. The number of H-pyrrole nitrogens is 1. The molecule has 0 fully saturated rings. The standard InChI is InChI=1S/C20H23N5O3S2/c1-4-24(5-2)30(26,27)18-8-6-7-16(13-18)19-22-23-20(29)25(19)21-14-15-9-11-17(28-3)12-10-15/h6-14H,4-5H2,1-3H3,(H,23,29). The fourth-order valence-corrected chi connectivity index (χ4v) is 4.59. The normalized spacial score (nSPS) is 12.0. The van der Waals surface area contributed by atoms with Crippen LogP contribution in [0, 0.1) is 4.77 Å². The van der Waals surface area contributed by atoms with Crippen molar-refractivity contribution in [1.29, 1.82) is 0 Å². The Bertz CT molecular complexity index is 1190. The van der Waals surface area contributed by atoms with E-state index in [4.69, 9.17) is 17.0 Å². The molecule has 3 aromatic rings. The van der Waals surface area contributed by atoms with Crippen molar-refractivity contribution in [2.24, 2.45) is 5.10 Å². The van der Waals surface area contributed by atoms with Crippen LogP contribution in [0.2, 0.25) is 0 Å². The molecule has 0 bridgehead atoms. The molecule has 158 valence electrons. The molecule has 0 atom stereocenters. The van der Waals surface area contributed by atoms with Crippen LogP contribution in [0.4, 0.5) is 0 Å². The highest BCUT2D eigenvalue weighted by Gasteiger charge is 2.22. The second-order valence-corrected chi connectivity index (χ2v) is 8.62. The summed E-state index contributed by atoms with van der Waals surface area (Å²) in [6, 6.07) is 14.0. The number of nitrogens with one attached hydrogen (secondary N) is 1. The molecule has 0 amide bonds. The van der Waals surface area contributed by atoms with Crippen molar-refractivity contribution in [2.75, 3.05) is 20.2 Å². The van der Waals surface area contributed by atoms with E-state index < -0.39 is 10.0 Å². The molecule has 1 aromatic heterocycles. The molecular weight excluding hydrogens is 422 g/mol. The Balaban J connectivity index is 1.98. The summed E-state index contributed by atoms with van der Waals surface area (Å²) in [5.74, 6) is 1.17. The fourth-order valence-electron chi connectivity index (χ4n) is 2.91. The zero-order valence-electron chi connectivity index (χ0n) is 16.9. The molecule has 30 heavy (non-hydrogen) atoms. The van der Waals surface area contributed by atoms with Gasteiger partial charge in [-0.25, -0.2) is 13.5 Å². The zero-order chi connectivity index (χ0) is 21.7. The molecule has 1 heterocycles. The zero-order valence-corrected chi connectivity index (χ0v) is 18.6. The van der Waals surface area contributed by atoms with Gasteiger partial charge >= 0.3 is 0 Å². The van der Waals surface area contributed by atoms with Crippen molar-refractivity contribution in [3.8, 4) is 17.1 Å². The number of nitrogens with zero attached hydrogens (tertiary/aromatic N) is 4. The molecule has 0 aliphatic carbocycles. The predicted molar refractivity (Wildman–Crippen MR) is 119 cm³/mol. The van der Waals surface area contributed by atoms with Crippen molar-refractivity contribution in [1.82, 2.24) is 19.2 Å². The Morgan fingerprint density at radius 3 is 2.53 bits per heavy atom. The van der Waals surface area contributed by atoms with Gasteiger partial charge in [0.25, 0.3) is 0 Å². The number of benzene rings is 2. The van der Waals surface area contributed by atoms with Crippen LogP contribution in [0.5, 0.6) is 5.75 Å². The first-order chi connectivity index (χ1) is 14.4. The van der Waals surface area contributed by atoms with Gasteiger partial charge in [-0.05, 0) is 54.2 Å². The van der Waals surface area contributed by atoms with Gasteiger partial charge in [-0.1, -0.05) is 26.0 Å². The third-order valence-electron chi connectivity index (χ3n) is 4.52. The van der Waals surface area contributed by atoms with Crippen molar-refractivity contribution in [3.63, 3.8) is 0 Å². The van der Waals surface area contributed by atoms with Crippen LogP contribution in [-0.4, -0.2) is 54.0 Å². The number of hydrogen-bond donors (Lipinski definition) is 1. The van der Waals surface area contributed by atoms with Crippen LogP contribution in [-0.2, 0) is 10.0 Å². The van der Waals surface area contributed by atoms with Gasteiger partial charge in [-0.15, -0.1) is 0 Å². The van der Waals surface area contributed by atoms with Crippen molar-refractivity contribution in [2.45, 2.75) is 18.7 Å². The van der Waals surface area contributed by atoms with Gasteiger partial charge in [0.05, 0.1) is 18.2 Å². The summed E-state index contributed by atoms with van der Waals surface area (Å²) in [7, 11) is -1.98. The molecular formula is C20H23N5O3S2. The summed E-state index contributed by atoms with van der Waals surface area (Å²) in [6.07, 6.45) is 1.64. The molecule has 1 N–H and O–H groups in total. The summed E-state index contributed by atoms with van der Waals surface area (Å²) in [6.45, 7) is 4.41. The Morgan fingerprint density at radius 2 is 1.90 bits per heavy atom.